The summed E-state index contributed by atoms with van der Waals surface area (Å²) in [6.07, 6.45) is 1.19. The largest absolute Gasteiger partial charge is 0.378 e. The number of anilines is 3. The fourth-order valence-electron chi connectivity index (χ4n) is 2.36. The van der Waals surface area contributed by atoms with Crippen molar-refractivity contribution in [1.29, 1.82) is 0 Å². The number of ether oxygens (including phenoxy) is 1. The Morgan fingerprint density at radius 1 is 1.17 bits per heavy atom. The van der Waals surface area contributed by atoms with Gasteiger partial charge in [-0.3, -0.25) is 4.98 Å². The van der Waals surface area contributed by atoms with Crippen molar-refractivity contribution in [2.45, 2.75) is 13.0 Å². The number of halogens is 1. The van der Waals surface area contributed by atoms with Gasteiger partial charge in [-0.15, -0.1) is 0 Å². The maximum Gasteiger partial charge on any atom is 0.232 e. The third kappa shape index (κ3) is 3.85. The fourth-order valence-corrected chi connectivity index (χ4v) is 2.36. The first-order chi connectivity index (χ1) is 11.7. The maximum absolute atomic E-state index is 13.0. The first-order valence-corrected chi connectivity index (χ1v) is 7.80. The van der Waals surface area contributed by atoms with Gasteiger partial charge < -0.3 is 20.3 Å². The fraction of sp³-hybridized carbons (Fsp3) is 0.467. The first kappa shape index (κ1) is 16.3. The van der Waals surface area contributed by atoms with Gasteiger partial charge in [-0.25, -0.2) is 4.39 Å². The van der Waals surface area contributed by atoms with Gasteiger partial charge in [0.25, 0.3) is 0 Å². The Bertz CT molecular complexity index is 676. The number of morpholine rings is 1. The third-order valence-corrected chi connectivity index (χ3v) is 3.68. The first-order valence-electron chi connectivity index (χ1n) is 7.80. The van der Waals surface area contributed by atoms with E-state index >= 15 is 0 Å². The van der Waals surface area contributed by atoms with Crippen molar-refractivity contribution in [1.82, 2.24) is 19.9 Å². The highest BCUT2D eigenvalue weighted by Crippen LogP contribution is 2.19. The van der Waals surface area contributed by atoms with Crippen LogP contribution in [0.25, 0.3) is 0 Å². The minimum absolute atomic E-state index is 0.171. The van der Waals surface area contributed by atoms with Gasteiger partial charge in [0, 0.05) is 20.1 Å². The molecule has 1 saturated heterocycles. The SMILES string of the molecule is CNc1nc(N[C@@H](C)c2ccc(F)cn2)nc(N2CCOCC2)n1. The van der Waals surface area contributed by atoms with Gasteiger partial charge in [-0.2, -0.15) is 15.0 Å². The van der Waals surface area contributed by atoms with Crippen LogP contribution in [0.5, 0.6) is 0 Å². The third-order valence-electron chi connectivity index (χ3n) is 3.68. The summed E-state index contributed by atoms with van der Waals surface area (Å²) in [5.74, 6) is 1.15. The number of pyridine rings is 1. The Morgan fingerprint density at radius 2 is 1.92 bits per heavy atom. The van der Waals surface area contributed by atoms with Gasteiger partial charge in [0.1, 0.15) is 5.82 Å². The zero-order chi connectivity index (χ0) is 16.9. The summed E-state index contributed by atoms with van der Waals surface area (Å²) in [5.41, 5.74) is 0.704. The number of hydrogen-bond acceptors (Lipinski definition) is 8. The standard InChI is InChI=1S/C15H20FN7O/c1-10(12-4-3-11(16)9-18-12)19-14-20-13(17-2)21-15(22-14)23-5-7-24-8-6-23/h3-4,9-10H,5-8H2,1-2H3,(H2,17,19,20,21,22)/t10-/m0/s1. The smallest absolute Gasteiger partial charge is 0.232 e. The summed E-state index contributed by atoms with van der Waals surface area (Å²) in [4.78, 5) is 19.3. The Hall–Kier alpha value is -2.55. The molecule has 0 bridgehead atoms. The van der Waals surface area contributed by atoms with Gasteiger partial charge in [0.15, 0.2) is 0 Å². The molecule has 128 valence electrons. The lowest BCUT2D eigenvalue weighted by molar-refractivity contribution is 0.122. The Labute approximate surface area is 139 Å². The molecule has 8 nitrogen and oxygen atoms in total. The van der Waals surface area contributed by atoms with E-state index in [1.807, 2.05) is 6.92 Å². The number of nitrogens with zero attached hydrogens (tertiary/aromatic N) is 5. The van der Waals surface area contributed by atoms with E-state index in [4.69, 9.17) is 4.74 Å². The second kappa shape index (κ2) is 7.35. The van der Waals surface area contributed by atoms with E-state index in [2.05, 4.69) is 35.5 Å². The summed E-state index contributed by atoms with van der Waals surface area (Å²) in [5, 5.41) is 6.13. The molecule has 1 aliphatic rings. The van der Waals surface area contributed by atoms with Crippen LogP contribution >= 0.6 is 0 Å². The van der Waals surface area contributed by atoms with E-state index in [-0.39, 0.29) is 11.9 Å². The summed E-state index contributed by atoms with van der Waals surface area (Å²) >= 11 is 0. The highest BCUT2D eigenvalue weighted by molar-refractivity contribution is 5.44. The van der Waals surface area contributed by atoms with Crippen molar-refractivity contribution < 1.29 is 9.13 Å². The molecule has 0 amide bonds. The molecule has 2 aromatic heterocycles. The maximum atomic E-state index is 13.0. The van der Waals surface area contributed by atoms with Gasteiger partial charge >= 0.3 is 0 Å². The minimum Gasteiger partial charge on any atom is -0.378 e. The molecule has 9 heteroatoms. The van der Waals surface area contributed by atoms with E-state index in [0.29, 0.717) is 36.8 Å². The number of aromatic nitrogens is 4. The molecule has 2 N–H and O–H groups in total. The van der Waals surface area contributed by atoms with Crippen molar-refractivity contribution in [3.8, 4) is 0 Å². The molecular weight excluding hydrogens is 313 g/mol. The Morgan fingerprint density at radius 3 is 2.58 bits per heavy atom. The summed E-state index contributed by atoms with van der Waals surface area (Å²) in [6, 6.07) is 2.84. The Kier molecular flexibility index (Phi) is 4.99. The Balaban J connectivity index is 1.79. The monoisotopic (exact) mass is 333 g/mol. The molecular formula is C15H20FN7O. The van der Waals surface area contributed by atoms with Crippen LogP contribution < -0.4 is 15.5 Å². The highest BCUT2D eigenvalue weighted by atomic mass is 19.1. The zero-order valence-corrected chi connectivity index (χ0v) is 13.7. The zero-order valence-electron chi connectivity index (χ0n) is 13.7. The van der Waals surface area contributed by atoms with Gasteiger partial charge in [0.05, 0.1) is 31.1 Å². The van der Waals surface area contributed by atoms with Gasteiger partial charge in [-0.05, 0) is 19.1 Å². The lowest BCUT2D eigenvalue weighted by Crippen LogP contribution is -2.37. The highest BCUT2D eigenvalue weighted by Gasteiger charge is 2.17. The summed E-state index contributed by atoms with van der Waals surface area (Å²) in [7, 11) is 1.76. The molecule has 0 unspecified atom stereocenters. The molecule has 0 saturated carbocycles. The normalized spacial score (nSPS) is 15.9. The summed E-state index contributed by atoms with van der Waals surface area (Å²) in [6.45, 7) is 4.69. The van der Waals surface area contributed by atoms with Crippen LogP contribution in [0.4, 0.5) is 22.2 Å². The van der Waals surface area contributed by atoms with Crippen molar-refractivity contribution in [2.75, 3.05) is 48.9 Å². The van der Waals surface area contributed by atoms with Crippen molar-refractivity contribution >= 4 is 17.8 Å². The lowest BCUT2D eigenvalue weighted by Gasteiger charge is -2.27. The van der Waals surface area contributed by atoms with Gasteiger partial charge in [0.2, 0.25) is 17.8 Å². The molecule has 1 aliphatic heterocycles. The van der Waals surface area contributed by atoms with Crippen LogP contribution in [0.1, 0.15) is 18.7 Å². The van der Waals surface area contributed by atoms with E-state index in [1.165, 1.54) is 12.3 Å². The average Bonchev–Trinajstić information content (AvgIpc) is 2.62. The van der Waals surface area contributed by atoms with E-state index in [1.54, 1.807) is 13.1 Å². The summed E-state index contributed by atoms with van der Waals surface area (Å²) < 4.78 is 18.4. The van der Waals surface area contributed by atoms with E-state index in [0.717, 1.165) is 13.1 Å². The number of nitrogens with one attached hydrogen (secondary N) is 2. The van der Waals surface area contributed by atoms with E-state index < -0.39 is 0 Å². The molecule has 24 heavy (non-hydrogen) atoms. The van der Waals surface area contributed by atoms with Crippen molar-refractivity contribution in [3.05, 3.63) is 29.8 Å². The number of rotatable bonds is 5. The van der Waals surface area contributed by atoms with Crippen LogP contribution in [0.15, 0.2) is 18.3 Å². The molecule has 3 rings (SSSR count). The molecule has 2 aromatic rings. The van der Waals surface area contributed by atoms with E-state index in [9.17, 15) is 4.39 Å². The topological polar surface area (TPSA) is 88.1 Å². The van der Waals surface area contributed by atoms with Crippen LogP contribution in [-0.4, -0.2) is 53.3 Å². The second-order valence-corrected chi connectivity index (χ2v) is 5.40. The minimum atomic E-state index is -0.363. The predicted molar refractivity (Wildman–Crippen MR) is 88.6 cm³/mol. The molecule has 3 heterocycles. The average molecular weight is 333 g/mol. The second-order valence-electron chi connectivity index (χ2n) is 5.40. The molecule has 0 radical (unpaired) electrons. The molecule has 1 fully saturated rings. The predicted octanol–water partition coefficient (Wildman–Crippen LogP) is 1.46. The molecule has 1 atom stereocenters. The van der Waals surface area contributed by atoms with Crippen LogP contribution in [0.3, 0.4) is 0 Å². The van der Waals surface area contributed by atoms with Crippen molar-refractivity contribution in [2.24, 2.45) is 0 Å². The molecule has 0 aliphatic carbocycles. The number of hydrogen-bond donors (Lipinski definition) is 2. The van der Waals surface area contributed by atoms with Gasteiger partial charge in [-0.1, -0.05) is 0 Å². The lowest BCUT2D eigenvalue weighted by atomic mass is 10.2. The van der Waals surface area contributed by atoms with Crippen LogP contribution in [-0.2, 0) is 4.74 Å². The molecule has 0 aromatic carbocycles. The van der Waals surface area contributed by atoms with Crippen LogP contribution in [0, 0.1) is 5.82 Å². The molecule has 0 spiro atoms. The van der Waals surface area contributed by atoms with Crippen molar-refractivity contribution in [3.63, 3.8) is 0 Å². The van der Waals surface area contributed by atoms with Crippen LogP contribution in [0.2, 0.25) is 0 Å². The quantitative estimate of drug-likeness (QED) is 0.850.